The summed E-state index contributed by atoms with van der Waals surface area (Å²) in [6.45, 7) is 1.51. The fraction of sp³-hybridized carbons (Fsp3) is 0.278. The summed E-state index contributed by atoms with van der Waals surface area (Å²) in [6, 6.07) is 10.2. The van der Waals surface area contributed by atoms with E-state index in [1.807, 2.05) is 0 Å². The van der Waals surface area contributed by atoms with Gasteiger partial charge >= 0.3 is 0 Å². The number of carbonyl (C=O) groups excluding carboxylic acids is 2. The second kappa shape index (κ2) is 7.12. The third-order valence-corrected chi connectivity index (χ3v) is 3.98. The van der Waals surface area contributed by atoms with Crippen molar-refractivity contribution >= 4 is 17.5 Å². The first-order chi connectivity index (χ1) is 11.7. The van der Waals surface area contributed by atoms with Crippen LogP contribution in [0.2, 0.25) is 0 Å². The predicted molar refractivity (Wildman–Crippen MR) is 90.3 cm³/mol. The number of benzene rings is 1. The predicted octanol–water partition coefficient (Wildman–Crippen LogP) is 2.58. The zero-order chi connectivity index (χ0) is 16.9. The van der Waals surface area contributed by atoms with E-state index in [0.29, 0.717) is 16.9 Å². The molecule has 0 bridgehead atoms. The van der Waals surface area contributed by atoms with Gasteiger partial charge in [-0.2, -0.15) is 0 Å². The van der Waals surface area contributed by atoms with Crippen LogP contribution < -0.4 is 10.1 Å². The van der Waals surface area contributed by atoms with E-state index in [4.69, 9.17) is 4.74 Å². The number of nitrogens with zero attached hydrogens (tertiary/aromatic N) is 2. The highest BCUT2D eigenvalue weighted by atomic mass is 16.5. The minimum Gasteiger partial charge on any atom is -0.497 e. The molecule has 2 amide bonds. The lowest BCUT2D eigenvalue weighted by atomic mass is 10.2. The van der Waals surface area contributed by atoms with Crippen molar-refractivity contribution in [2.45, 2.75) is 12.8 Å². The highest BCUT2D eigenvalue weighted by molar-refractivity contribution is 6.05. The fourth-order valence-electron chi connectivity index (χ4n) is 2.65. The molecule has 0 unspecified atom stereocenters. The van der Waals surface area contributed by atoms with Gasteiger partial charge in [-0.3, -0.25) is 14.6 Å². The number of methoxy groups -OCH3 is 1. The number of nitrogens with one attached hydrogen (secondary N) is 1. The molecule has 1 aliphatic rings. The molecule has 1 N–H and O–H groups in total. The number of rotatable bonds is 4. The summed E-state index contributed by atoms with van der Waals surface area (Å²) in [6.07, 6.45) is 3.53. The third kappa shape index (κ3) is 3.53. The molecule has 0 radical (unpaired) electrons. The second-order valence-corrected chi connectivity index (χ2v) is 5.61. The van der Waals surface area contributed by atoms with Gasteiger partial charge in [0, 0.05) is 30.5 Å². The summed E-state index contributed by atoms with van der Waals surface area (Å²) in [5, 5.41) is 2.80. The van der Waals surface area contributed by atoms with Gasteiger partial charge in [-0.15, -0.1) is 0 Å². The van der Waals surface area contributed by atoms with Crippen molar-refractivity contribution in [3.63, 3.8) is 0 Å². The van der Waals surface area contributed by atoms with Crippen molar-refractivity contribution in [2.75, 3.05) is 25.5 Å². The van der Waals surface area contributed by atoms with Gasteiger partial charge in [0.2, 0.25) is 0 Å². The number of amides is 2. The topological polar surface area (TPSA) is 71.5 Å². The number of hydrogen-bond acceptors (Lipinski definition) is 4. The van der Waals surface area contributed by atoms with Crippen LogP contribution in [0.1, 0.15) is 33.7 Å². The molecule has 0 atom stereocenters. The summed E-state index contributed by atoms with van der Waals surface area (Å²) < 4.78 is 5.09. The highest BCUT2D eigenvalue weighted by Crippen LogP contribution is 2.17. The monoisotopic (exact) mass is 325 g/mol. The SMILES string of the molecule is COc1ccc(NC(=O)c2ccnc(C(=O)N3CCCC3)c2)cc1. The van der Waals surface area contributed by atoms with Crippen LogP contribution in [0, 0.1) is 0 Å². The number of hydrogen-bond donors (Lipinski definition) is 1. The average molecular weight is 325 g/mol. The Balaban J connectivity index is 1.72. The number of ether oxygens (including phenoxy) is 1. The van der Waals surface area contributed by atoms with Crippen molar-refractivity contribution < 1.29 is 14.3 Å². The Kier molecular flexibility index (Phi) is 4.74. The molecule has 1 aromatic heterocycles. The van der Waals surface area contributed by atoms with Gasteiger partial charge in [-0.25, -0.2) is 0 Å². The summed E-state index contributed by atoms with van der Waals surface area (Å²) in [4.78, 5) is 30.6. The minimum atomic E-state index is -0.280. The molecule has 6 heteroatoms. The Morgan fingerprint density at radius 1 is 1.12 bits per heavy atom. The van der Waals surface area contributed by atoms with Crippen LogP contribution >= 0.6 is 0 Å². The van der Waals surface area contributed by atoms with Crippen molar-refractivity contribution in [2.24, 2.45) is 0 Å². The average Bonchev–Trinajstić information content (AvgIpc) is 3.16. The van der Waals surface area contributed by atoms with Gasteiger partial charge in [-0.1, -0.05) is 0 Å². The molecule has 2 aromatic rings. The van der Waals surface area contributed by atoms with Crippen molar-refractivity contribution in [1.29, 1.82) is 0 Å². The zero-order valence-electron chi connectivity index (χ0n) is 13.5. The highest BCUT2D eigenvalue weighted by Gasteiger charge is 2.21. The van der Waals surface area contributed by atoms with Crippen LogP contribution in [-0.2, 0) is 0 Å². The first-order valence-electron chi connectivity index (χ1n) is 7.88. The Hall–Kier alpha value is -2.89. The molecule has 0 aliphatic carbocycles. The molecule has 2 heterocycles. The molecular weight excluding hydrogens is 306 g/mol. The number of likely N-dealkylation sites (tertiary alicyclic amines) is 1. The molecule has 1 fully saturated rings. The molecule has 124 valence electrons. The molecular formula is C18H19N3O3. The van der Waals surface area contributed by atoms with Gasteiger partial charge in [-0.05, 0) is 49.2 Å². The van der Waals surface area contributed by atoms with Crippen molar-refractivity contribution in [1.82, 2.24) is 9.88 Å². The first-order valence-corrected chi connectivity index (χ1v) is 7.88. The van der Waals surface area contributed by atoms with Crippen molar-refractivity contribution in [3.05, 3.63) is 53.9 Å². The van der Waals surface area contributed by atoms with E-state index in [2.05, 4.69) is 10.3 Å². The van der Waals surface area contributed by atoms with Gasteiger partial charge in [0.25, 0.3) is 11.8 Å². The van der Waals surface area contributed by atoms with E-state index < -0.39 is 0 Å². The Morgan fingerprint density at radius 3 is 2.50 bits per heavy atom. The fourth-order valence-corrected chi connectivity index (χ4v) is 2.65. The van der Waals surface area contributed by atoms with E-state index >= 15 is 0 Å². The van der Waals surface area contributed by atoms with Crippen LogP contribution in [0.3, 0.4) is 0 Å². The Morgan fingerprint density at radius 2 is 1.83 bits per heavy atom. The Labute approximate surface area is 140 Å². The van der Waals surface area contributed by atoms with Crippen LogP contribution in [0.15, 0.2) is 42.6 Å². The van der Waals surface area contributed by atoms with Gasteiger partial charge in [0.05, 0.1) is 7.11 Å². The number of carbonyl (C=O) groups is 2. The van der Waals surface area contributed by atoms with Crippen LogP contribution in [0.4, 0.5) is 5.69 Å². The second-order valence-electron chi connectivity index (χ2n) is 5.61. The number of aromatic nitrogens is 1. The third-order valence-electron chi connectivity index (χ3n) is 3.98. The summed E-state index contributed by atoms with van der Waals surface area (Å²) in [5.74, 6) is 0.319. The number of anilines is 1. The van der Waals surface area contributed by atoms with E-state index in [9.17, 15) is 9.59 Å². The van der Waals surface area contributed by atoms with Gasteiger partial charge < -0.3 is 15.0 Å². The zero-order valence-corrected chi connectivity index (χ0v) is 13.5. The van der Waals surface area contributed by atoms with E-state index in [1.54, 1.807) is 48.4 Å². The Bertz CT molecular complexity index is 737. The molecule has 6 nitrogen and oxygen atoms in total. The normalized spacial score (nSPS) is 13.6. The van der Waals surface area contributed by atoms with Gasteiger partial charge in [0.15, 0.2) is 0 Å². The maximum atomic E-state index is 12.4. The molecule has 1 aromatic carbocycles. The largest absolute Gasteiger partial charge is 0.497 e. The molecule has 0 spiro atoms. The lowest BCUT2D eigenvalue weighted by Crippen LogP contribution is -2.28. The molecule has 3 rings (SSSR count). The van der Waals surface area contributed by atoms with E-state index in [1.165, 1.54) is 6.20 Å². The lowest BCUT2D eigenvalue weighted by molar-refractivity contribution is 0.0787. The standard InChI is InChI=1S/C18H19N3O3/c1-24-15-6-4-14(5-7-15)20-17(22)13-8-9-19-16(12-13)18(23)21-10-2-3-11-21/h4-9,12H,2-3,10-11H2,1H3,(H,20,22). The van der Waals surface area contributed by atoms with Crippen LogP contribution in [0.25, 0.3) is 0 Å². The summed E-state index contributed by atoms with van der Waals surface area (Å²) in [7, 11) is 1.59. The molecule has 24 heavy (non-hydrogen) atoms. The quantitative estimate of drug-likeness (QED) is 0.938. The summed E-state index contributed by atoms with van der Waals surface area (Å²) >= 11 is 0. The van der Waals surface area contributed by atoms with Crippen LogP contribution in [-0.4, -0.2) is 41.9 Å². The van der Waals surface area contributed by atoms with Crippen molar-refractivity contribution in [3.8, 4) is 5.75 Å². The maximum absolute atomic E-state index is 12.4. The minimum absolute atomic E-state index is 0.119. The maximum Gasteiger partial charge on any atom is 0.272 e. The summed E-state index contributed by atoms with van der Waals surface area (Å²) in [5.41, 5.74) is 1.37. The smallest absolute Gasteiger partial charge is 0.272 e. The van der Waals surface area contributed by atoms with E-state index in [0.717, 1.165) is 31.7 Å². The molecule has 1 saturated heterocycles. The first kappa shape index (κ1) is 16.0. The molecule has 1 aliphatic heterocycles. The lowest BCUT2D eigenvalue weighted by Gasteiger charge is -2.14. The molecule has 0 saturated carbocycles. The van der Waals surface area contributed by atoms with Gasteiger partial charge in [0.1, 0.15) is 11.4 Å². The van der Waals surface area contributed by atoms with E-state index in [-0.39, 0.29) is 11.8 Å². The number of pyridine rings is 1. The van der Waals surface area contributed by atoms with Crippen LogP contribution in [0.5, 0.6) is 5.75 Å².